The van der Waals surface area contributed by atoms with Crippen molar-refractivity contribution in [2.45, 2.75) is 13.0 Å². The maximum atomic E-state index is 4.38. The minimum absolute atomic E-state index is 0.906. The van der Waals surface area contributed by atoms with Crippen LogP contribution in [0, 0.1) is 0 Å². The Kier molecular flexibility index (Phi) is 5.94. The molecule has 17 heavy (non-hydrogen) atoms. The standard InChI is InChI=1S/C13H24N4/c1-14-12-6-7-15-13(10-12)11-17(4)9-5-8-16(2)3/h6-7,10H,5,8-9,11H2,1-4H3,(H,14,15). The van der Waals surface area contributed by atoms with Gasteiger partial charge in [0.1, 0.15) is 0 Å². The van der Waals surface area contributed by atoms with E-state index in [-0.39, 0.29) is 0 Å². The molecule has 96 valence electrons. The molecule has 1 N–H and O–H groups in total. The van der Waals surface area contributed by atoms with E-state index < -0.39 is 0 Å². The van der Waals surface area contributed by atoms with Crippen LogP contribution in [0.4, 0.5) is 5.69 Å². The first-order valence-corrected chi connectivity index (χ1v) is 6.08. The molecule has 0 saturated heterocycles. The van der Waals surface area contributed by atoms with Gasteiger partial charge in [0.25, 0.3) is 0 Å². The minimum atomic E-state index is 0.906. The molecule has 0 radical (unpaired) electrons. The fourth-order valence-corrected chi connectivity index (χ4v) is 1.73. The maximum absolute atomic E-state index is 4.38. The summed E-state index contributed by atoms with van der Waals surface area (Å²) in [5, 5.41) is 3.13. The summed E-state index contributed by atoms with van der Waals surface area (Å²) in [6, 6.07) is 4.08. The van der Waals surface area contributed by atoms with Crippen molar-refractivity contribution < 1.29 is 0 Å². The molecule has 1 aromatic heterocycles. The molecule has 0 saturated carbocycles. The number of pyridine rings is 1. The number of hydrogen-bond donors (Lipinski definition) is 1. The Morgan fingerprint density at radius 3 is 2.65 bits per heavy atom. The zero-order valence-electron chi connectivity index (χ0n) is 11.4. The van der Waals surface area contributed by atoms with Gasteiger partial charge in [-0.2, -0.15) is 0 Å². The van der Waals surface area contributed by atoms with Gasteiger partial charge in [0.15, 0.2) is 0 Å². The zero-order chi connectivity index (χ0) is 12.7. The first-order chi connectivity index (χ1) is 8.11. The Bertz CT molecular complexity index is 325. The van der Waals surface area contributed by atoms with Gasteiger partial charge in [0, 0.05) is 25.5 Å². The van der Waals surface area contributed by atoms with E-state index in [1.807, 2.05) is 19.3 Å². The second-order valence-electron chi connectivity index (χ2n) is 4.68. The number of anilines is 1. The summed E-state index contributed by atoms with van der Waals surface area (Å²) in [6.45, 7) is 3.14. The predicted molar refractivity (Wildman–Crippen MR) is 73.3 cm³/mol. The highest BCUT2D eigenvalue weighted by Gasteiger charge is 2.02. The van der Waals surface area contributed by atoms with Crippen LogP contribution in [0.3, 0.4) is 0 Å². The first-order valence-electron chi connectivity index (χ1n) is 6.08. The van der Waals surface area contributed by atoms with Crippen LogP contribution < -0.4 is 5.32 Å². The summed E-state index contributed by atoms with van der Waals surface area (Å²) in [7, 11) is 8.29. The van der Waals surface area contributed by atoms with Gasteiger partial charge in [-0.1, -0.05) is 0 Å². The number of nitrogens with zero attached hydrogens (tertiary/aromatic N) is 3. The van der Waals surface area contributed by atoms with E-state index in [9.17, 15) is 0 Å². The lowest BCUT2D eigenvalue weighted by Crippen LogP contribution is -2.23. The topological polar surface area (TPSA) is 31.4 Å². The summed E-state index contributed by atoms with van der Waals surface area (Å²) in [6.07, 6.45) is 3.05. The van der Waals surface area contributed by atoms with Crippen LogP contribution in [-0.2, 0) is 6.54 Å². The average molecular weight is 236 g/mol. The second-order valence-corrected chi connectivity index (χ2v) is 4.68. The molecular weight excluding hydrogens is 212 g/mol. The van der Waals surface area contributed by atoms with E-state index >= 15 is 0 Å². The van der Waals surface area contributed by atoms with Crippen LogP contribution >= 0.6 is 0 Å². The highest BCUT2D eigenvalue weighted by atomic mass is 15.1. The maximum Gasteiger partial charge on any atom is 0.0564 e. The van der Waals surface area contributed by atoms with Gasteiger partial charge in [-0.25, -0.2) is 0 Å². The molecule has 0 aromatic carbocycles. The molecule has 1 aromatic rings. The molecule has 4 nitrogen and oxygen atoms in total. The summed E-state index contributed by atoms with van der Waals surface area (Å²) < 4.78 is 0. The molecule has 0 unspecified atom stereocenters. The molecule has 0 amide bonds. The van der Waals surface area contributed by atoms with Crippen molar-refractivity contribution >= 4 is 5.69 Å². The third-order valence-corrected chi connectivity index (χ3v) is 2.68. The van der Waals surface area contributed by atoms with Gasteiger partial charge in [0.2, 0.25) is 0 Å². The van der Waals surface area contributed by atoms with E-state index in [1.54, 1.807) is 0 Å². The average Bonchev–Trinajstić information content (AvgIpc) is 2.28. The van der Waals surface area contributed by atoms with Crippen LogP contribution in [0.15, 0.2) is 18.3 Å². The van der Waals surface area contributed by atoms with Crippen LogP contribution in [0.2, 0.25) is 0 Å². The summed E-state index contributed by atoms with van der Waals surface area (Å²) in [4.78, 5) is 8.91. The van der Waals surface area contributed by atoms with Crippen molar-refractivity contribution in [3.05, 3.63) is 24.0 Å². The van der Waals surface area contributed by atoms with Gasteiger partial charge >= 0.3 is 0 Å². The van der Waals surface area contributed by atoms with Crippen molar-refractivity contribution in [2.24, 2.45) is 0 Å². The van der Waals surface area contributed by atoms with E-state index in [0.29, 0.717) is 0 Å². The van der Waals surface area contributed by atoms with Gasteiger partial charge in [-0.3, -0.25) is 4.98 Å². The Balaban J connectivity index is 2.36. The molecule has 0 aliphatic carbocycles. The lowest BCUT2D eigenvalue weighted by Gasteiger charge is -2.17. The largest absolute Gasteiger partial charge is 0.388 e. The smallest absolute Gasteiger partial charge is 0.0564 e. The molecule has 1 heterocycles. The number of rotatable bonds is 7. The van der Waals surface area contributed by atoms with Crippen LogP contribution in [0.1, 0.15) is 12.1 Å². The monoisotopic (exact) mass is 236 g/mol. The van der Waals surface area contributed by atoms with Crippen molar-refractivity contribution in [1.29, 1.82) is 0 Å². The van der Waals surface area contributed by atoms with Crippen molar-refractivity contribution in [1.82, 2.24) is 14.8 Å². The third kappa shape index (κ3) is 5.65. The molecule has 1 rings (SSSR count). The summed E-state index contributed by atoms with van der Waals surface area (Å²) >= 11 is 0. The highest BCUT2D eigenvalue weighted by Crippen LogP contribution is 2.08. The molecule has 0 aliphatic rings. The molecule has 0 fully saturated rings. The second kappa shape index (κ2) is 7.25. The molecule has 4 heteroatoms. The lowest BCUT2D eigenvalue weighted by molar-refractivity contribution is 0.292. The SMILES string of the molecule is CNc1ccnc(CN(C)CCCN(C)C)c1. The van der Waals surface area contributed by atoms with Crippen LogP contribution in [-0.4, -0.2) is 56.1 Å². The van der Waals surface area contributed by atoms with Crippen molar-refractivity contribution in [2.75, 3.05) is 46.6 Å². The Labute approximate surface area is 105 Å². The van der Waals surface area contributed by atoms with Crippen LogP contribution in [0.5, 0.6) is 0 Å². The van der Waals surface area contributed by atoms with E-state index in [4.69, 9.17) is 0 Å². The van der Waals surface area contributed by atoms with Crippen molar-refractivity contribution in [3.63, 3.8) is 0 Å². The minimum Gasteiger partial charge on any atom is -0.388 e. The van der Waals surface area contributed by atoms with E-state index in [2.05, 4.69) is 47.3 Å². The Morgan fingerprint density at radius 1 is 1.24 bits per heavy atom. The van der Waals surface area contributed by atoms with Gasteiger partial charge < -0.3 is 15.1 Å². The van der Waals surface area contributed by atoms with Gasteiger partial charge in [-0.05, 0) is 52.8 Å². The van der Waals surface area contributed by atoms with Crippen LogP contribution in [0.25, 0.3) is 0 Å². The number of nitrogens with one attached hydrogen (secondary N) is 1. The summed E-state index contributed by atoms with van der Waals surface area (Å²) in [5.74, 6) is 0. The molecule has 0 atom stereocenters. The quantitative estimate of drug-likeness (QED) is 0.777. The Hall–Kier alpha value is -1.13. The molecule has 0 aliphatic heterocycles. The predicted octanol–water partition coefficient (Wildman–Crippen LogP) is 1.51. The fraction of sp³-hybridized carbons (Fsp3) is 0.615. The lowest BCUT2D eigenvalue weighted by atomic mass is 10.3. The van der Waals surface area contributed by atoms with E-state index in [0.717, 1.165) is 31.0 Å². The fourth-order valence-electron chi connectivity index (χ4n) is 1.73. The van der Waals surface area contributed by atoms with Gasteiger partial charge in [-0.15, -0.1) is 0 Å². The van der Waals surface area contributed by atoms with Crippen molar-refractivity contribution in [3.8, 4) is 0 Å². The van der Waals surface area contributed by atoms with E-state index in [1.165, 1.54) is 6.42 Å². The number of hydrogen-bond acceptors (Lipinski definition) is 4. The molecule has 0 spiro atoms. The third-order valence-electron chi connectivity index (χ3n) is 2.68. The highest BCUT2D eigenvalue weighted by molar-refractivity contribution is 5.42. The zero-order valence-corrected chi connectivity index (χ0v) is 11.4. The normalized spacial score (nSPS) is 11.2. The first kappa shape index (κ1) is 13.9. The summed E-state index contributed by atoms with van der Waals surface area (Å²) in [5.41, 5.74) is 2.24. The van der Waals surface area contributed by atoms with Gasteiger partial charge in [0.05, 0.1) is 5.69 Å². The number of aromatic nitrogens is 1. The molecule has 0 bridgehead atoms. The molecular formula is C13H24N4. The Morgan fingerprint density at radius 2 is 2.00 bits per heavy atom.